The molecule has 1 fully saturated rings. The number of anilines is 2. The van der Waals surface area contributed by atoms with Crippen molar-refractivity contribution in [2.75, 3.05) is 30.4 Å². The molecule has 0 amide bonds. The van der Waals surface area contributed by atoms with Gasteiger partial charge in [0, 0.05) is 20.1 Å². The molecule has 0 radical (unpaired) electrons. The molecule has 0 unspecified atom stereocenters. The highest BCUT2D eigenvalue weighted by Gasteiger charge is 2.26. The van der Waals surface area contributed by atoms with E-state index in [-0.39, 0.29) is 0 Å². The highest BCUT2D eigenvalue weighted by atomic mass is 15.2. The maximum atomic E-state index is 4.51. The fourth-order valence-electron chi connectivity index (χ4n) is 1.97. The molecule has 4 heteroatoms. The monoisotopic (exact) mass is 220 g/mol. The SMILES string of the molecule is CNc1cncc(N2CCC(C)(C)CC2)n1. The lowest BCUT2D eigenvalue weighted by Gasteiger charge is -2.37. The lowest BCUT2D eigenvalue weighted by atomic mass is 9.83. The molecule has 1 aliphatic heterocycles. The minimum atomic E-state index is 0.477. The van der Waals surface area contributed by atoms with E-state index < -0.39 is 0 Å². The van der Waals surface area contributed by atoms with Gasteiger partial charge >= 0.3 is 0 Å². The average Bonchev–Trinajstić information content (AvgIpc) is 2.29. The van der Waals surface area contributed by atoms with E-state index in [4.69, 9.17) is 0 Å². The van der Waals surface area contributed by atoms with Crippen LogP contribution in [0.3, 0.4) is 0 Å². The topological polar surface area (TPSA) is 41.1 Å². The van der Waals surface area contributed by atoms with Crippen LogP contribution >= 0.6 is 0 Å². The molecule has 88 valence electrons. The van der Waals surface area contributed by atoms with Crippen LogP contribution in [-0.4, -0.2) is 30.1 Å². The number of rotatable bonds is 2. The summed E-state index contributed by atoms with van der Waals surface area (Å²) in [6.45, 7) is 6.82. The third-order valence-electron chi connectivity index (χ3n) is 3.32. The molecule has 1 aliphatic rings. The van der Waals surface area contributed by atoms with Gasteiger partial charge in [0.2, 0.25) is 0 Å². The van der Waals surface area contributed by atoms with Gasteiger partial charge in [-0.2, -0.15) is 0 Å². The molecule has 0 aromatic carbocycles. The van der Waals surface area contributed by atoms with Crippen LogP contribution in [0.15, 0.2) is 12.4 Å². The molecular formula is C12H20N4. The van der Waals surface area contributed by atoms with Crippen molar-refractivity contribution < 1.29 is 0 Å². The number of nitrogens with zero attached hydrogens (tertiary/aromatic N) is 3. The van der Waals surface area contributed by atoms with Gasteiger partial charge in [-0.05, 0) is 18.3 Å². The zero-order chi connectivity index (χ0) is 11.6. The van der Waals surface area contributed by atoms with Crippen molar-refractivity contribution >= 4 is 11.6 Å². The summed E-state index contributed by atoms with van der Waals surface area (Å²) in [5.41, 5.74) is 0.477. The highest BCUT2D eigenvalue weighted by molar-refractivity contribution is 5.43. The number of hydrogen-bond acceptors (Lipinski definition) is 4. The Hall–Kier alpha value is -1.32. The van der Waals surface area contributed by atoms with Crippen molar-refractivity contribution in [1.82, 2.24) is 9.97 Å². The molecule has 4 nitrogen and oxygen atoms in total. The number of aromatic nitrogens is 2. The van der Waals surface area contributed by atoms with Crippen LogP contribution in [0.5, 0.6) is 0 Å². The van der Waals surface area contributed by atoms with Gasteiger partial charge in [-0.15, -0.1) is 0 Å². The summed E-state index contributed by atoms with van der Waals surface area (Å²) in [7, 11) is 1.87. The first-order valence-corrected chi connectivity index (χ1v) is 5.85. The molecule has 0 bridgehead atoms. The van der Waals surface area contributed by atoms with Gasteiger partial charge in [-0.25, -0.2) is 4.98 Å². The molecule has 1 aromatic heterocycles. The Bertz CT molecular complexity index is 352. The molecule has 1 aromatic rings. The van der Waals surface area contributed by atoms with Crippen LogP contribution in [0.25, 0.3) is 0 Å². The van der Waals surface area contributed by atoms with E-state index in [0.717, 1.165) is 24.7 Å². The van der Waals surface area contributed by atoms with E-state index in [1.54, 1.807) is 6.20 Å². The Balaban J connectivity index is 2.08. The fourth-order valence-corrected chi connectivity index (χ4v) is 1.97. The molecular weight excluding hydrogens is 200 g/mol. The van der Waals surface area contributed by atoms with E-state index in [1.165, 1.54) is 12.8 Å². The smallest absolute Gasteiger partial charge is 0.149 e. The molecule has 0 spiro atoms. The molecule has 2 rings (SSSR count). The number of nitrogens with one attached hydrogen (secondary N) is 1. The van der Waals surface area contributed by atoms with Gasteiger partial charge in [0.1, 0.15) is 11.6 Å². The van der Waals surface area contributed by atoms with Gasteiger partial charge in [0.15, 0.2) is 0 Å². The Morgan fingerprint density at radius 2 is 1.94 bits per heavy atom. The van der Waals surface area contributed by atoms with Crippen molar-refractivity contribution in [1.29, 1.82) is 0 Å². The highest BCUT2D eigenvalue weighted by Crippen LogP contribution is 2.31. The zero-order valence-corrected chi connectivity index (χ0v) is 10.3. The lowest BCUT2D eigenvalue weighted by molar-refractivity contribution is 0.279. The summed E-state index contributed by atoms with van der Waals surface area (Å²) < 4.78 is 0. The van der Waals surface area contributed by atoms with Gasteiger partial charge in [0.25, 0.3) is 0 Å². The largest absolute Gasteiger partial charge is 0.372 e. The van der Waals surface area contributed by atoms with Crippen LogP contribution < -0.4 is 10.2 Å². The first kappa shape index (κ1) is 11.2. The van der Waals surface area contributed by atoms with Gasteiger partial charge < -0.3 is 10.2 Å². The average molecular weight is 220 g/mol. The van der Waals surface area contributed by atoms with Crippen molar-refractivity contribution in [3.8, 4) is 0 Å². The predicted molar refractivity (Wildman–Crippen MR) is 66.8 cm³/mol. The molecule has 1 saturated heterocycles. The minimum Gasteiger partial charge on any atom is -0.372 e. The number of piperidine rings is 1. The molecule has 0 aliphatic carbocycles. The second kappa shape index (κ2) is 4.28. The maximum Gasteiger partial charge on any atom is 0.149 e. The molecule has 0 saturated carbocycles. The van der Waals surface area contributed by atoms with Crippen LogP contribution in [0.1, 0.15) is 26.7 Å². The van der Waals surface area contributed by atoms with Gasteiger partial charge in [-0.3, -0.25) is 4.98 Å². The third-order valence-corrected chi connectivity index (χ3v) is 3.32. The van der Waals surface area contributed by atoms with Gasteiger partial charge in [0.05, 0.1) is 12.4 Å². The van der Waals surface area contributed by atoms with Crippen LogP contribution in [0.2, 0.25) is 0 Å². The van der Waals surface area contributed by atoms with Crippen LogP contribution in [-0.2, 0) is 0 Å². The standard InChI is InChI=1S/C12H20N4/c1-12(2)4-6-16(7-5-12)11-9-14-8-10(13-3)15-11/h8-9H,4-7H2,1-3H3,(H,13,15). The first-order valence-electron chi connectivity index (χ1n) is 5.85. The molecule has 2 heterocycles. The normalized spacial score (nSPS) is 19.6. The summed E-state index contributed by atoms with van der Waals surface area (Å²) in [5.74, 6) is 1.82. The van der Waals surface area contributed by atoms with Crippen molar-refractivity contribution in [2.24, 2.45) is 5.41 Å². The van der Waals surface area contributed by atoms with Crippen molar-refractivity contribution in [3.63, 3.8) is 0 Å². The van der Waals surface area contributed by atoms with Crippen molar-refractivity contribution in [3.05, 3.63) is 12.4 Å². The summed E-state index contributed by atoms with van der Waals surface area (Å²) >= 11 is 0. The Kier molecular flexibility index (Phi) is 2.99. The minimum absolute atomic E-state index is 0.477. The molecule has 16 heavy (non-hydrogen) atoms. The maximum absolute atomic E-state index is 4.51. The Labute approximate surface area is 97.1 Å². The lowest BCUT2D eigenvalue weighted by Crippen LogP contribution is -2.37. The summed E-state index contributed by atoms with van der Waals surface area (Å²) in [5, 5.41) is 3.02. The summed E-state index contributed by atoms with van der Waals surface area (Å²) in [6, 6.07) is 0. The van der Waals surface area contributed by atoms with Crippen LogP contribution in [0, 0.1) is 5.41 Å². The number of hydrogen-bond donors (Lipinski definition) is 1. The van der Waals surface area contributed by atoms with E-state index in [0.29, 0.717) is 5.41 Å². The predicted octanol–water partition coefficient (Wildman–Crippen LogP) is 2.14. The second-order valence-electron chi connectivity index (χ2n) is 5.16. The Morgan fingerprint density at radius 1 is 1.25 bits per heavy atom. The van der Waals surface area contributed by atoms with E-state index in [9.17, 15) is 0 Å². The quantitative estimate of drug-likeness (QED) is 0.829. The Morgan fingerprint density at radius 3 is 2.56 bits per heavy atom. The summed E-state index contributed by atoms with van der Waals surface area (Å²) in [6.07, 6.45) is 6.04. The fraction of sp³-hybridized carbons (Fsp3) is 0.667. The van der Waals surface area contributed by atoms with E-state index in [2.05, 4.69) is 34.0 Å². The summed E-state index contributed by atoms with van der Waals surface area (Å²) in [4.78, 5) is 11.0. The van der Waals surface area contributed by atoms with Gasteiger partial charge in [-0.1, -0.05) is 13.8 Å². The second-order valence-corrected chi connectivity index (χ2v) is 5.16. The first-order chi connectivity index (χ1) is 7.61. The third kappa shape index (κ3) is 2.43. The van der Waals surface area contributed by atoms with Crippen LogP contribution in [0.4, 0.5) is 11.6 Å². The van der Waals surface area contributed by atoms with Crippen molar-refractivity contribution in [2.45, 2.75) is 26.7 Å². The molecule has 1 N–H and O–H groups in total. The van der Waals surface area contributed by atoms with E-state index in [1.807, 2.05) is 13.2 Å². The van der Waals surface area contributed by atoms with E-state index >= 15 is 0 Å². The zero-order valence-electron chi connectivity index (χ0n) is 10.3. The molecule has 0 atom stereocenters.